The maximum atomic E-state index is 13.2. The van der Waals surface area contributed by atoms with E-state index in [-0.39, 0.29) is 6.04 Å². The summed E-state index contributed by atoms with van der Waals surface area (Å²) in [6, 6.07) is 7.22. The van der Waals surface area contributed by atoms with Gasteiger partial charge in [-0.2, -0.15) is 0 Å². The number of halogens is 1. The van der Waals surface area contributed by atoms with E-state index in [1.165, 1.54) is 21.3 Å². The van der Waals surface area contributed by atoms with Crippen molar-refractivity contribution in [2.75, 3.05) is 27.9 Å². The van der Waals surface area contributed by atoms with Crippen LogP contribution < -0.4 is 0 Å². The quantitative estimate of drug-likeness (QED) is 0.487. The minimum atomic E-state index is -1.45. The summed E-state index contributed by atoms with van der Waals surface area (Å²) in [7, 11) is 3.81. The summed E-state index contributed by atoms with van der Waals surface area (Å²) in [4.78, 5) is 40.6. The first-order chi connectivity index (χ1) is 13.9. The molecule has 0 aromatic heterocycles. The highest BCUT2D eigenvalue weighted by Gasteiger charge is 2.68. The highest BCUT2D eigenvalue weighted by Crippen LogP contribution is 2.50. The summed E-state index contributed by atoms with van der Waals surface area (Å²) in [6.07, 6.45) is 4.92. The summed E-state index contributed by atoms with van der Waals surface area (Å²) in [5.41, 5.74) is -0.605. The molecule has 0 radical (unpaired) electrons. The van der Waals surface area contributed by atoms with Crippen LogP contribution in [0, 0.1) is 11.8 Å². The second kappa shape index (κ2) is 8.67. The van der Waals surface area contributed by atoms with Crippen molar-refractivity contribution in [3.05, 3.63) is 40.4 Å². The van der Waals surface area contributed by atoms with Gasteiger partial charge in [0.15, 0.2) is 5.54 Å². The molecule has 0 unspecified atom stereocenters. The monoisotopic (exact) mass is 465 g/mol. The van der Waals surface area contributed by atoms with Crippen molar-refractivity contribution < 1.29 is 28.6 Å². The van der Waals surface area contributed by atoms with Gasteiger partial charge in [0.2, 0.25) is 0 Å². The fourth-order valence-electron chi connectivity index (χ4n) is 4.65. The molecule has 0 saturated carbocycles. The van der Waals surface area contributed by atoms with Crippen molar-refractivity contribution >= 4 is 39.9 Å². The van der Waals surface area contributed by atoms with Crippen LogP contribution >= 0.6 is 15.9 Å². The van der Waals surface area contributed by atoms with Gasteiger partial charge in [-0.05, 0) is 37.1 Å². The van der Waals surface area contributed by atoms with E-state index in [0.29, 0.717) is 13.0 Å². The maximum absolute atomic E-state index is 13.2. The Morgan fingerprint density at radius 1 is 1.07 bits per heavy atom. The molecule has 29 heavy (non-hydrogen) atoms. The topological polar surface area (TPSA) is 82.1 Å². The number of fused-ring (bicyclic) bond motifs is 1. The lowest BCUT2D eigenvalue weighted by molar-refractivity contribution is -0.164. The molecule has 0 amide bonds. The van der Waals surface area contributed by atoms with Gasteiger partial charge in [-0.3, -0.25) is 14.5 Å². The average Bonchev–Trinajstić information content (AvgIpc) is 3.32. The third-order valence-corrected chi connectivity index (χ3v) is 6.39. The number of carbonyl (C=O) groups excluding carboxylic acids is 3. The van der Waals surface area contributed by atoms with E-state index in [9.17, 15) is 14.4 Å². The summed E-state index contributed by atoms with van der Waals surface area (Å²) >= 11 is 3.40. The molecule has 1 aromatic rings. The molecule has 2 heterocycles. The molecule has 2 aliphatic rings. The van der Waals surface area contributed by atoms with E-state index in [1.54, 1.807) is 12.2 Å². The SMILES string of the molecule is COC(=O)[C@@H]1[C@@H](C(=O)OC)[C@](/C=C/c2ccc(Br)cc2)(C(=O)OC)N2CCC[C@@H]12. The minimum absolute atomic E-state index is 0.305. The number of hydrogen-bond donors (Lipinski definition) is 0. The van der Waals surface area contributed by atoms with Crippen molar-refractivity contribution in [3.63, 3.8) is 0 Å². The lowest BCUT2D eigenvalue weighted by Crippen LogP contribution is -2.56. The molecule has 156 valence electrons. The molecule has 0 spiro atoms. The number of hydrogen-bond acceptors (Lipinski definition) is 7. The Morgan fingerprint density at radius 2 is 1.72 bits per heavy atom. The summed E-state index contributed by atoms with van der Waals surface area (Å²) in [5.74, 6) is -3.65. The Morgan fingerprint density at radius 3 is 2.31 bits per heavy atom. The fourth-order valence-corrected chi connectivity index (χ4v) is 4.92. The fraction of sp³-hybridized carbons (Fsp3) is 0.476. The lowest BCUT2D eigenvalue weighted by atomic mass is 9.76. The zero-order valence-electron chi connectivity index (χ0n) is 16.6. The molecule has 8 heteroatoms. The smallest absolute Gasteiger partial charge is 0.331 e. The van der Waals surface area contributed by atoms with Crippen LogP contribution in [0.4, 0.5) is 0 Å². The molecule has 1 aromatic carbocycles. The number of esters is 3. The number of benzene rings is 1. The molecule has 0 aliphatic carbocycles. The first-order valence-electron chi connectivity index (χ1n) is 9.36. The van der Waals surface area contributed by atoms with Crippen molar-refractivity contribution in [3.8, 4) is 0 Å². The largest absolute Gasteiger partial charge is 0.469 e. The van der Waals surface area contributed by atoms with Crippen LogP contribution in [0.5, 0.6) is 0 Å². The molecule has 3 rings (SSSR count). The van der Waals surface area contributed by atoms with E-state index in [2.05, 4.69) is 15.9 Å². The van der Waals surface area contributed by atoms with Crippen molar-refractivity contribution in [2.24, 2.45) is 11.8 Å². The maximum Gasteiger partial charge on any atom is 0.331 e. The van der Waals surface area contributed by atoms with Gasteiger partial charge in [0.1, 0.15) is 5.92 Å². The van der Waals surface area contributed by atoms with Gasteiger partial charge >= 0.3 is 17.9 Å². The van der Waals surface area contributed by atoms with Crippen LogP contribution in [0.15, 0.2) is 34.8 Å². The van der Waals surface area contributed by atoms with E-state index in [0.717, 1.165) is 16.5 Å². The highest BCUT2D eigenvalue weighted by atomic mass is 79.9. The van der Waals surface area contributed by atoms with Gasteiger partial charge in [0.05, 0.1) is 27.2 Å². The molecule has 2 aliphatic heterocycles. The Labute approximate surface area is 178 Å². The minimum Gasteiger partial charge on any atom is -0.469 e. The Hall–Kier alpha value is -2.19. The zero-order chi connectivity index (χ0) is 21.2. The van der Waals surface area contributed by atoms with Crippen molar-refractivity contribution in [2.45, 2.75) is 24.4 Å². The molecule has 4 atom stereocenters. The van der Waals surface area contributed by atoms with E-state index in [4.69, 9.17) is 14.2 Å². The number of ether oxygens (including phenoxy) is 3. The van der Waals surface area contributed by atoms with Crippen LogP contribution in [0.2, 0.25) is 0 Å². The van der Waals surface area contributed by atoms with Gasteiger partial charge in [0.25, 0.3) is 0 Å². The number of carbonyl (C=O) groups is 3. The first kappa shape index (κ1) is 21.5. The molecule has 0 N–H and O–H groups in total. The normalized spacial score (nSPS) is 28.9. The number of rotatable bonds is 5. The van der Waals surface area contributed by atoms with Crippen LogP contribution in [-0.2, 0) is 28.6 Å². The van der Waals surface area contributed by atoms with Gasteiger partial charge < -0.3 is 14.2 Å². The average molecular weight is 466 g/mol. The van der Waals surface area contributed by atoms with E-state index >= 15 is 0 Å². The zero-order valence-corrected chi connectivity index (χ0v) is 18.2. The molecule has 0 bridgehead atoms. The third kappa shape index (κ3) is 3.59. The van der Waals surface area contributed by atoms with Gasteiger partial charge in [0, 0.05) is 10.5 Å². The number of nitrogens with zero attached hydrogens (tertiary/aromatic N) is 1. The van der Waals surface area contributed by atoms with Gasteiger partial charge in [-0.15, -0.1) is 0 Å². The summed E-state index contributed by atoms with van der Waals surface area (Å²) in [6.45, 7) is 0.561. The Bertz CT molecular complexity index is 823. The summed E-state index contributed by atoms with van der Waals surface area (Å²) < 4.78 is 16.1. The standard InChI is InChI=1S/C21H24BrNO6/c1-27-18(24)16-15-5-4-12-23(15)21(20(26)29-3,17(16)19(25)28-2)11-10-13-6-8-14(22)9-7-13/h6-11,15-17H,4-5,12H2,1-3H3/b11-10+/t15-,16-,17-,21+/m0/s1. The van der Waals surface area contributed by atoms with Gasteiger partial charge in [-0.1, -0.05) is 40.2 Å². The first-order valence-corrected chi connectivity index (χ1v) is 10.2. The van der Waals surface area contributed by atoms with Crippen LogP contribution in [0.1, 0.15) is 18.4 Å². The van der Waals surface area contributed by atoms with Gasteiger partial charge in [-0.25, -0.2) is 4.79 Å². The highest BCUT2D eigenvalue weighted by molar-refractivity contribution is 9.10. The predicted molar refractivity (Wildman–Crippen MR) is 109 cm³/mol. The van der Waals surface area contributed by atoms with Crippen LogP contribution in [-0.4, -0.2) is 62.3 Å². The Kier molecular flexibility index (Phi) is 6.43. The lowest BCUT2D eigenvalue weighted by Gasteiger charge is -2.35. The van der Waals surface area contributed by atoms with E-state index < -0.39 is 35.3 Å². The molecule has 2 fully saturated rings. The predicted octanol–water partition coefficient (Wildman–Crippen LogP) is 2.43. The molecule has 2 saturated heterocycles. The molecular formula is C21H24BrNO6. The molecular weight excluding hydrogens is 442 g/mol. The van der Waals surface area contributed by atoms with E-state index in [1.807, 2.05) is 29.2 Å². The second-order valence-electron chi connectivity index (χ2n) is 7.15. The van der Waals surface area contributed by atoms with Crippen LogP contribution in [0.3, 0.4) is 0 Å². The molecule has 7 nitrogen and oxygen atoms in total. The van der Waals surface area contributed by atoms with Crippen molar-refractivity contribution in [1.29, 1.82) is 0 Å². The Balaban J connectivity index is 2.17. The van der Waals surface area contributed by atoms with Crippen molar-refractivity contribution in [1.82, 2.24) is 4.90 Å². The summed E-state index contributed by atoms with van der Waals surface area (Å²) in [5, 5.41) is 0. The van der Waals surface area contributed by atoms with Crippen LogP contribution in [0.25, 0.3) is 6.08 Å². The second-order valence-corrected chi connectivity index (χ2v) is 8.07. The third-order valence-electron chi connectivity index (χ3n) is 5.86. The number of methoxy groups -OCH3 is 3.